The highest BCUT2D eigenvalue weighted by atomic mass is 15.5. The van der Waals surface area contributed by atoms with Crippen LogP contribution in [0.3, 0.4) is 0 Å². The van der Waals surface area contributed by atoms with Crippen LogP contribution in [0.15, 0.2) is 206 Å². The van der Waals surface area contributed by atoms with E-state index in [1.807, 2.05) is 30.3 Å². The number of anilines is 3. The maximum atomic E-state index is 5.07. The highest BCUT2D eigenvalue weighted by molar-refractivity contribution is 6.19. The van der Waals surface area contributed by atoms with E-state index >= 15 is 0 Å². The lowest BCUT2D eigenvalue weighted by Crippen LogP contribution is -2.10. The zero-order valence-corrected chi connectivity index (χ0v) is 29.4. The van der Waals surface area contributed by atoms with Gasteiger partial charge in [-0.3, -0.25) is 0 Å². The van der Waals surface area contributed by atoms with Crippen LogP contribution >= 0.6 is 0 Å². The molecule has 0 saturated carbocycles. The number of hydrogen-bond acceptors (Lipinski definition) is 3. The Morgan fingerprint density at radius 3 is 1.65 bits per heavy atom. The van der Waals surface area contributed by atoms with Gasteiger partial charge in [-0.15, -0.1) is 10.2 Å². The zero-order chi connectivity index (χ0) is 35.8. The smallest absolute Gasteiger partial charge is 0.122 e. The van der Waals surface area contributed by atoms with Gasteiger partial charge < -0.3 is 4.90 Å². The van der Waals surface area contributed by atoms with E-state index in [9.17, 15) is 0 Å². The molecule has 0 aliphatic carbocycles. The van der Waals surface area contributed by atoms with E-state index in [4.69, 9.17) is 10.2 Å². The van der Waals surface area contributed by atoms with Crippen molar-refractivity contribution in [2.45, 2.75) is 0 Å². The summed E-state index contributed by atoms with van der Waals surface area (Å²) in [6.45, 7) is 0. The summed E-state index contributed by atoms with van der Waals surface area (Å²) in [4.78, 5) is 4.12. The van der Waals surface area contributed by atoms with Crippen molar-refractivity contribution in [3.05, 3.63) is 206 Å². The van der Waals surface area contributed by atoms with Crippen LogP contribution in [-0.2, 0) is 0 Å². The molecule has 0 aliphatic rings. The van der Waals surface area contributed by atoms with Gasteiger partial charge in [0.1, 0.15) is 11.0 Å². The monoisotopic (exact) mass is 690 g/mol. The van der Waals surface area contributed by atoms with E-state index in [2.05, 4.69) is 181 Å². The second-order valence-electron chi connectivity index (χ2n) is 13.5. The lowest BCUT2D eigenvalue weighted by atomic mass is 9.94. The molecule has 10 aromatic rings. The lowest BCUT2D eigenvalue weighted by Gasteiger charge is -2.27. The van der Waals surface area contributed by atoms with Gasteiger partial charge in [0.25, 0.3) is 0 Å². The number of para-hydroxylation sites is 1. The normalized spacial score (nSPS) is 11.3. The summed E-state index contributed by atoms with van der Waals surface area (Å²) in [5.74, 6) is 0. The Morgan fingerprint density at radius 2 is 0.907 bits per heavy atom. The third-order valence-corrected chi connectivity index (χ3v) is 10.2. The molecule has 1 heterocycles. The van der Waals surface area contributed by atoms with Crippen LogP contribution in [0, 0.1) is 0 Å². The summed E-state index contributed by atoms with van der Waals surface area (Å²) in [6, 6.07) is 73.1. The van der Waals surface area contributed by atoms with Gasteiger partial charge in [-0.2, -0.15) is 4.80 Å². The summed E-state index contributed by atoms with van der Waals surface area (Å²) in [5, 5.41) is 14.5. The SMILES string of the molecule is c1ccc(-c2cccc(N(c3cccc(-c4ccccc4-c4ccccc4)c3)c3ccc4ccc5ccc6nn(-c7ccccc7)nc6c5c4c3)c2)cc1. The molecule has 54 heavy (non-hydrogen) atoms. The van der Waals surface area contributed by atoms with Crippen LogP contribution in [0.4, 0.5) is 17.1 Å². The van der Waals surface area contributed by atoms with E-state index in [0.29, 0.717) is 0 Å². The van der Waals surface area contributed by atoms with Crippen LogP contribution in [0.2, 0.25) is 0 Å². The van der Waals surface area contributed by atoms with Crippen LogP contribution in [0.1, 0.15) is 0 Å². The Kier molecular flexibility index (Phi) is 7.77. The van der Waals surface area contributed by atoms with Crippen LogP contribution < -0.4 is 4.90 Å². The van der Waals surface area contributed by atoms with Crippen molar-refractivity contribution in [2.75, 3.05) is 4.90 Å². The number of rotatable bonds is 7. The molecule has 254 valence electrons. The zero-order valence-electron chi connectivity index (χ0n) is 29.4. The van der Waals surface area contributed by atoms with Gasteiger partial charge >= 0.3 is 0 Å². The molecule has 0 N–H and O–H groups in total. The average molecular weight is 691 g/mol. The average Bonchev–Trinajstić information content (AvgIpc) is 3.70. The van der Waals surface area contributed by atoms with E-state index in [1.165, 1.54) is 22.3 Å². The summed E-state index contributed by atoms with van der Waals surface area (Å²) < 4.78 is 0. The number of aromatic nitrogens is 3. The lowest BCUT2D eigenvalue weighted by molar-refractivity contribution is 0.766. The van der Waals surface area contributed by atoms with Crippen molar-refractivity contribution in [3.8, 4) is 39.1 Å². The molecule has 0 saturated heterocycles. The van der Waals surface area contributed by atoms with E-state index in [1.54, 1.807) is 4.80 Å². The molecule has 0 aliphatic heterocycles. The van der Waals surface area contributed by atoms with Crippen molar-refractivity contribution in [1.29, 1.82) is 0 Å². The second-order valence-corrected chi connectivity index (χ2v) is 13.5. The highest BCUT2D eigenvalue weighted by Gasteiger charge is 2.18. The number of nitrogens with zero attached hydrogens (tertiary/aromatic N) is 4. The molecule has 4 heteroatoms. The highest BCUT2D eigenvalue weighted by Crippen LogP contribution is 2.42. The summed E-state index contributed by atoms with van der Waals surface area (Å²) in [6.07, 6.45) is 0. The molecule has 1 aromatic heterocycles. The molecule has 0 radical (unpaired) electrons. The molecular formula is C50H34N4. The predicted molar refractivity (Wildman–Crippen MR) is 225 cm³/mol. The van der Waals surface area contributed by atoms with Gasteiger partial charge in [-0.25, -0.2) is 0 Å². The maximum absolute atomic E-state index is 5.07. The molecule has 10 rings (SSSR count). The van der Waals surface area contributed by atoms with Crippen LogP contribution in [-0.4, -0.2) is 15.0 Å². The minimum Gasteiger partial charge on any atom is -0.310 e. The maximum Gasteiger partial charge on any atom is 0.122 e. The summed E-state index contributed by atoms with van der Waals surface area (Å²) in [5.41, 5.74) is 13.0. The van der Waals surface area contributed by atoms with Gasteiger partial charge in [0, 0.05) is 22.4 Å². The van der Waals surface area contributed by atoms with Crippen molar-refractivity contribution in [1.82, 2.24) is 15.0 Å². The fourth-order valence-corrected chi connectivity index (χ4v) is 7.64. The molecule has 4 nitrogen and oxygen atoms in total. The first kappa shape index (κ1) is 31.4. The van der Waals surface area contributed by atoms with Crippen molar-refractivity contribution >= 4 is 49.6 Å². The molecule has 0 bridgehead atoms. The molecule has 0 amide bonds. The minimum absolute atomic E-state index is 0.862. The third kappa shape index (κ3) is 5.67. The number of benzene rings is 9. The summed E-state index contributed by atoms with van der Waals surface area (Å²) in [7, 11) is 0. The molecule has 0 atom stereocenters. The first-order valence-electron chi connectivity index (χ1n) is 18.3. The Labute approximate surface area is 313 Å². The van der Waals surface area contributed by atoms with Crippen molar-refractivity contribution < 1.29 is 0 Å². The van der Waals surface area contributed by atoms with Gasteiger partial charge in [-0.05, 0) is 104 Å². The van der Waals surface area contributed by atoms with E-state index in [0.717, 1.165) is 66.5 Å². The fourth-order valence-electron chi connectivity index (χ4n) is 7.64. The Balaban J connectivity index is 1.18. The number of hydrogen-bond donors (Lipinski definition) is 0. The third-order valence-electron chi connectivity index (χ3n) is 10.2. The van der Waals surface area contributed by atoms with Crippen molar-refractivity contribution in [3.63, 3.8) is 0 Å². The largest absolute Gasteiger partial charge is 0.310 e. The van der Waals surface area contributed by atoms with Crippen LogP contribution in [0.25, 0.3) is 71.6 Å². The minimum atomic E-state index is 0.862. The molecule has 0 unspecified atom stereocenters. The van der Waals surface area contributed by atoms with Crippen molar-refractivity contribution in [2.24, 2.45) is 0 Å². The predicted octanol–water partition coefficient (Wildman–Crippen LogP) is 13.2. The fraction of sp³-hybridized carbons (Fsp3) is 0. The first-order chi connectivity index (χ1) is 26.8. The Morgan fingerprint density at radius 1 is 0.370 bits per heavy atom. The molecular weight excluding hydrogens is 657 g/mol. The van der Waals surface area contributed by atoms with Crippen LogP contribution in [0.5, 0.6) is 0 Å². The van der Waals surface area contributed by atoms with Gasteiger partial charge in [0.2, 0.25) is 0 Å². The number of fused-ring (bicyclic) bond motifs is 5. The standard InChI is InChI=1S/C50H34N4/c1-4-14-35(15-5-1)39-18-12-22-42(32-39)53(43-23-13-19-40(33-43)46-25-11-10-24-45(46)36-16-6-2-7-17-36)44-30-28-37-26-27-38-29-31-48-50(49(38)47(37)34-44)52-54(51-48)41-20-8-3-9-21-41/h1-34H. The van der Waals surface area contributed by atoms with E-state index < -0.39 is 0 Å². The van der Waals surface area contributed by atoms with Gasteiger partial charge in [-0.1, -0.05) is 152 Å². The molecule has 0 spiro atoms. The quantitative estimate of drug-likeness (QED) is 0.156. The van der Waals surface area contributed by atoms with E-state index in [-0.39, 0.29) is 0 Å². The van der Waals surface area contributed by atoms with Gasteiger partial charge in [0.05, 0.1) is 5.69 Å². The molecule has 9 aromatic carbocycles. The summed E-state index contributed by atoms with van der Waals surface area (Å²) >= 11 is 0. The first-order valence-corrected chi connectivity index (χ1v) is 18.3. The molecule has 0 fully saturated rings. The topological polar surface area (TPSA) is 34.0 Å². The van der Waals surface area contributed by atoms with Gasteiger partial charge in [0.15, 0.2) is 0 Å². The Hall–Kier alpha value is -7.30. The second kappa shape index (κ2) is 13.4. The Bertz CT molecular complexity index is 2930.